The highest BCUT2D eigenvalue weighted by molar-refractivity contribution is 7.99. The predicted octanol–water partition coefficient (Wildman–Crippen LogP) is 5.14. The lowest BCUT2D eigenvalue weighted by atomic mass is 10.1. The summed E-state index contributed by atoms with van der Waals surface area (Å²) in [5.41, 5.74) is 2.81. The lowest BCUT2D eigenvalue weighted by molar-refractivity contribution is -0.115. The van der Waals surface area contributed by atoms with Gasteiger partial charge in [-0.2, -0.15) is 0 Å². The van der Waals surface area contributed by atoms with Crippen LogP contribution in [0.1, 0.15) is 22.8 Å². The second-order valence-electron chi connectivity index (χ2n) is 6.68. The predicted molar refractivity (Wildman–Crippen MR) is 113 cm³/mol. The second-order valence-corrected chi connectivity index (χ2v) is 7.77. The van der Waals surface area contributed by atoms with E-state index in [1.54, 1.807) is 28.8 Å². The molecular weight excluding hydrogens is 387 g/mol. The van der Waals surface area contributed by atoms with E-state index in [1.807, 2.05) is 49.4 Å². The van der Waals surface area contributed by atoms with E-state index in [9.17, 15) is 14.0 Å². The molecule has 3 aromatic carbocycles. The van der Waals surface area contributed by atoms with Crippen molar-refractivity contribution >= 4 is 35.0 Å². The van der Waals surface area contributed by atoms with Gasteiger partial charge in [0.05, 0.1) is 17.7 Å². The first-order chi connectivity index (χ1) is 14.0. The number of carbonyl (C=O) groups is 2. The smallest absolute Gasteiger partial charge is 0.259 e. The van der Waals surface area contributed by atoms with Gasteiger partial charge in [0.25, 0.3) is 5.91 Å². The Labute approximate surface area is 172 Å². The van der Waals surface area contributed by atoms with Gasteiger partial charge in [-0.3, -0.25) is 9.59 Å². The molecule has 0 bridgehead atoms. The molecule has 1 aliphatic rings. The molecule has 6 heteroatoms. The zero-order valence-electron chi connectivity index (χ0n) is 15.8. The van der Waals surface area contributed by atoms with Gasteiger partial charge in [0.1, 0.15) is 5.82 Å². The maximum Gasteiger partial charge on any atom is 0.259 e. The second kappa shape index (κ2) is 8.09. The molecule has 0 saturated carbocycles. The van der Waals surface area contributed by atoms with Gasteiger partial charge >= 0.3 is 0 Å². The third-order valence-corrected chi connectivity index (χ3v) is 5.85. The molecular formula is C23H19FN2O2S. The van der Waals surface area contributed by atoms with Crippen LogP contribution in [0.2, 0.25) is 0 Å². The fraction of sp³-hybridized carbons (Fsp3) is 0.130. The van der Waals surface area contributed by atoms with Crippen LogP contribution in [0.5, 0.6) is 0 Å². The third kappa shape index (κ3) is 4.03. The minimum absolute atomic E-state index is 0.0517. The number of carbonyl (C=O) groups excluding carboxylic acids is 2. The number of rotatable bonds is 4. The van der Waals surface area contributed by atoms with Crippen molar-refractivity contribution < 1.29 is 14.0 Å². The molecule has 0 spiro atoms. The van der Waals surface area contributed by atoms with E-state index in [0.29, 0.717) is 17.8 Å². The summed E-state index contributed by atoms with van der Waals surface area (Å²) >= 11 is 1.55. The van der Waals surface area contributed by atoms with Gasteiger partial charge in [-0.1, -0.05) is 36.0 Å². The lowest BCUT2D eigenvalue weighted by Gasteiger charge is -2.22. The van der Waals surface area contributed by atoms with Crippen molar-refractivity contribution in [2.45, 2.75) is 23.1 Å². The molecule has 0 radical (unpaired) electrons. The van der Waals surface area contributed by atoms with E-state index in [4.69, 9.17) is 0 Å². The molecule has 146 valence electrons. The zero-order chi connectivity index (χ0) is 20.4. The number of anilines is 2. The molecule has 0 unspecified atom stereocenters. The minimum atomic E-state index is -0.331. The molecule has 4 rings (SSSR count). The van der Waals surface area contributed by atoms with Gasteiger partial charge < -0.3 is 10.2 Å². The molecule has 0 aromatic heterocycles. The van der Waals surface area contributed by atoms with E-state index in [-0.39, 0.29) is 24.1 Å². The Morgan fingerprint density at radius 3 is 2.55 bits per heavy atom. The summed E-state index contributed by atoms with van der Waals surface area (Å²) in [6.07, 6.45) is 0.147. The average molecular weight is 406 g/mol. The van der Waals surface area contributed by atoms with Crippen LogP contribution in [0.15, 0.2) is 76.5 Å². The minimum Gasteiger partial charge on any atom is -0.326 e. The number of fused-ring (bicyclic) bond motifs is 2. The number of benzene rings is 3. The van der Waals surface area contributed by atoms with Crippen LogP contribution in [0, 0.1) is 5.82 Å². The highest BCUT2D eigenvalue weighted by Gasteiger charge is 2.26. The van der Waals surface area contributed by atoms with Gasteiger partial charge in [0.15, 0.2) is 0 Å². The lowest BCUT2D eigenvalue weighted by Crippen LogP contribution is -2.30. The van der Waals surface area contributed by atoms with Gasteiger partial charge in [-0.25, -0.2) is 4.39 Å². The maximum absolute atomic E-state index is 13.0. The highest BCUT2D eigenvalue weighted by Crippen LogP contribution is 2.42. The number of hydrogen-bond acceptors (Lipinski definition) is 3. The van der Waals surface area contributed by atoms with Crippen LogP contribution in [0.3, 0.4) is 0 Å². The number of nitrogens with one attached hydrogen (secondary N) is 1. The Bertz CT molecular complexity index is 1080. The van der Waals surface area contributed by atoms with Crippen molar-refractivity contribution in [3.63, 3.8) is 0 Å². The molecule has 1 aliphatic heterocycles. The Kier molecular flexibility index (Phi) is 5.36. The number of nitrogens with zero attached hydrogens (tertiary/aromatic N) is 1. The molecule has 1 heterocycles. The molecule has 0 aliphatic carbocycles. The fourth-order valence-corrected chi connectivity index (χ4v) is 4.36. The van der Waals surface area contributed by atoms with Gasteiger partial charge in [0, 0.05) is 22.0 Å². The molecule has 1 N–H and O–H groups in total. The summed E-state index contributed by atoms with van der Waals surface area (Å²) in [6, 6.07) is 19.0. The van der Waals surface area contributed by atoms with Gasteiger partial charge in [-0.05, 0) is 55.0 Å². The molecule has 2 amide bonds. The maximum atomic E-state index is 13.0. The van der Waals surface area contributed by atoms with Gasteiger partial charge in [0.2, 0.25) is 5.91 Å². The topological polar surface area (TPSA) is 49.4 Å². The van der Waals surface area contributed by atoms with Crippen molar-refractivity contribution in [2.75, 3.05) is 16.8 Å². The Morgan fingerprint density at radius 1 is 1.03 bits per heavy atom. The number of hydrogen-bond donors (Lipinski definition) is 1. The van der Waals surface area contributed by atoms with Crippen LogP contribution in [-0.4, -0.2) is 18.4 Å². The molecule has 4 nitrogen and oxygen atoms in total. The average Bonchev–Trinajstić information content (AvgIpc) is 2.83. The fourth-order valence-electron chi connectivity index (χ4n) is 3.30. The summed E-state index contributed by atoms with van der Waals surface area (Å²) in [5.74, 6) is -0.581. The summed E-state index contributed by atoms with van der Waals surface area (Å²) < 4.78 is 13.0. The SMILES string of the molecule is CCN1C(=O)c2ccccc2Sc2ccc(NC(=O)Cc3ccc(F)cc3)cc21. The first kappa shape index (κ1) is 19.2. The highest BCUT2D eigenvalue weighted by atomic mass is 32.2. The first-order valence-corrected chi connectivity index (χ1v) is 10.1. The van der Waals surface area contributed by atoms with Crippen molar-refractivity contribution in [3.05, 3.63) is 83.7 Å². The monoisotopic (exact) mass is 406 g/mol. The zero-order valence-corrected chi connectivity index (χ0v) is 16.6. The van der Waals surface area contributed by atoms with Crippen LogP contribution >= 0.6 is 11.8 Å². The van der Waals surface area contributed by atoms with Crippen LogP contribution < -0.4 is 10.2 Å². The van der Waals surface area contributed by atoms with E-state index in [2.05, 4.69) is 5.32 Å². The Hall–Kier alpha value is -3.12. The van der Waals surface area contributed by atoms with Crippen molar-refractivity contribution in [1.82, 2.24) is 0 Å². The van der Waals surface area contributed by atoms with E-state index in [1.165, 1.54) is 12.1 Å². The van der Waals surface area contributed by atoms with Crippen molar-refractivity contribution in [3.8, 4) is 0 Å². The van der Waals surface area contributed by atoms with Crippen LogP contribution in [0.25, 0.3) is 0 Å². The quantitative estimate of drug-likeness (QED) is 0.653. The molecule has 0 fully saturated rings. The summed E-state index contributed by atoms with van der Waals surface area (Å²) in [7, 11) is 0. The Balaban J connectivity index is 1.59. The van der Waals surface area contributed by atoms with Crippen LogP contribution in [-0.2, 0) is 11.2 Å². The molecule has 0 saturated heterocycles. The number of halogens is 1. The van der Waals surface area contributed by atoms with Gasteiger partial charge in [-0.15, -0.1) is 0 Å². The largest absolute Gasteiger partial charge is 0.326 e. The molecule has 3 aromatic rings. The van der Waals surface area contributed by atoms with Crippen LogP contribution in [0.4, 0.5) is 15.8 Å². The van der Waals surface area contributed by atoms with E-state index < -0.39 is 0 Å². The van der Waals surface area contributed by atoms with E-state index >= 15 is 0 Å². The van der Waals surface area contributed by atoms with Crippen molar-refractivity contribution in [1.29, 1.82) is 0 Å². The molecule has 0 atom stereocenters. The summed E-state index contributed by atoms with van der Waals surface area (Å²) in [4.78, 5) is 29.0. The summed E-state index contributed by atoms with van der Waals surface area (Å²) in [6.45, 7) is 2.45. The standard InChI is InChI=1S/C23H19FN2O2S/c1-2-26-19-14-17(25-22(27)13-15-7-9-16(24)10-8-15)11-12-21(19)29-20-6-4-3-5-18(20)23(26)28/h3-12,14H,2,13H2,1H3,(H,25,27). The van der Waals surface area contributed by atoms with Crippen molar-refractivity contribution in [2.24, 2.45) is 0 Å². The summed E-state index contributed by atoms with van der Waals surface area (Å²) in [5, 5.41) is 2.88. The Morgan fingerprint density at radius 2 is 1.79 bits per heavy atom. The van der Waals surface area contributed by atoms with E-state index in [0.717, 1.165) is 21.0 Å². The third-order valence-electron chi connectivity index (χ3n) is 4.71. The number of amides is 2. The normalized spacial score (nSPS) is 12.8. The first-order valence-electron chi connectivity index (χ1n) is 9.32. The molecule has 29 heavy (non-hydrogen) atoms.